The topological polar surface area (TPSA) is 0 Å². The average Bonchev–Trinajstić information content (AvgIpc) is 3.37. The van der Waals surface area contributed by atoms with E-state index in [2.05, 4.69) is 101 Å². The molecule has 0 amide bonds. The van der Waals surface area contributed by atoms with E-state index in [-0.39, 0.29) is 0 Å². The highest BCUT2D eigenvalue weighted by molar-refractivity contribution is 7.20. The molecule has 22 heteroatoms. The van der Waals surface area contributed by atoms with Gasteiger partial charge in [0.25, 0.3) is 0 Å². The lowest BCUT2D eigenvalue weighted by Gasteiger charge is -2.44. The standard InChI is InChI=1S/C30H39Si.C24BF20/c1-16-13-17(2)23(8)28(22(16)7)31(29-24(9)18(3)14-19(4)25(29)10)30-26(11)20(5)15-21(6)27(30)12;26-5-1(6(27)14(35)21(42)13(5)34)25(2-7(28)15(36)22(43)16(37)8(2)29,3-9(30)17(38)23(44)18(39)10(3)31)4-11(32)19(40)24(45)20(41)12(4)33/h13-15H,1-12H3;/q+1;-1. The number of benzene rings is 7. The quantitative estimate of drug-likeness (QED) is 0.0491. The third-order valence-electron chi connectivity index (χ3n) is 14.6. The summed E-state index contributed by atoms with van der Waals surface area (Å²) in [6.07, 6.45) is -7.22. The monoisotopic (exact) mass is 1110 g/mol. The van der Waals surface area contributed by atoms with Gasteiger partial charge in [0.05, 0.1) is 0 Å². The maximum atomic E-state index is 15.4. The summed E-state index contributed by atoms with van der Waals surface area (Å²) in [5, 5.41) is 4.82. The second kappa shape index (κ2) is 20.8. The van der Waals surface area contributed by atoms with E-state index in [1.54, 1.807) is 15.6 Å². The first-order valence-electron chi connectivity index (χ1n) is 22.4. The molecule has 0 radical (unpaired) electrons. The van der Waals surface area contributed by atoms with Crippen molar-refractivity contribution in [1.29, 1.82) is 0 Å². The highest BCUT2D eigenvalue weighted by Gasteiger charge is 2.53. The molecule has 76 heavy (non-hydrogen) atoms. The van der Waals surface area contributed by atoms with Crippen LogP contribution in [0.3, 0.4) is 0 Å². The predicted molar refractivity (Wildman–Crippen MR) is 250 cm³/mol. The molecule has 0 saturated carbocycles. The summed E-state index contributed by atoms with van der Waals surface area (Å²) in [7, 11) is -1.19. The van der Waals surface area contributed by atoms with Gasteiger partial charge >= 0.3 is 8.80 Å². The van der Waals surface area contributed by atoms with Gasteiger partial charge in [0.2, 0.25) is 0 Å². The summed E-state index contributed by atoms with van der Waals surface area (Å²) in [5.74, 6) is -71.4. The molecule has 0 bridgehead atoms. The Kier molecular flexibility index (Phi) is 16.0. The summed E-state index contributed by atoms with van der Waals surface area (Å²) < 4.78 is 294. The van der Waals surface area contributed by atoms with Crippen LogP contribution in [0.4, 0.5) is 87.8 Å². The van der Waals surface area contributed by atoms with Gasteiger partial charge < -0.3 is 0 Å². The van der Waals surface area contributed by atoms with Gasteiger partial charge in [-0.1, -0.05) is 18.2 Å². The van der Waals surface area contributed by atoms with Crippen LogP contribution < -0.4 is 37.4 Å². The summed E-state index contributed by atoms with van der Waals surface area (Å²) in [4.78, 5) is 0. The molecule has 0 N–H and O–H groups in total. The van der Waals surface area contributed by atoms with Gasteiger partial charge in [-0.3, -0.25) is 0 Å². The smallest absolute Gasteiger partial charge is 0.207 e. The van der Waals surface area contributed by atoms with E-state index in [4.69, 9.17) is 0 Å². The Bertz CT molecular complexity index is 3010. The minimum atomic E-state index is -7.22. The van der Waals surface area contributed by atoms with Crippen LogP contribution in [0.15, 0.2) is 18.2 Å². The summed E-state index contributed by atoms with van der Waals surface area (Å²) in [6.45, 7) is 27.8. The maximum absolute atomic E-state index is 15.4. The molecule has 7 aromatic carbocycles. The molecule has 0 heterocycles. The van der Waals surface area contributed by atoms with Crippen molar-refractivity contribution in [3.8, 4) is 0 Å². The third kappa shape index (κ3) is 8.65. The van der Waals surface area contributed by atoms with E-state index in [0.29, 0.717) is 0 Å². The fraction of sp³-hybridized carbons (Fsp3) is 0.222. The molecule has 0 nitrogen and oxygen atoms in total. The molecule has 0 saturated heterocycles. The van der Waals surface area contributed by atoms with Crippen molar-refractivity contribution >= 4 is 52.4 Å². The Morgan fingerprint density at radius 3 is 0.461 bits per heavy atom. The highest BCUT2D eigenvalue weighted by Crippen LogP contribution is 2.31. The summed E-state index contributed by atoms with van der Waals surface area (Å²) >= 11 is 0. The Morgan fingerprint density at radius 1 is 0.211 bits per heavy atom. The zero-order chi connectivity index (χ0) is 57.7. The van der Waals surface area contributed by atoms with Gasteiger partial charge in [-0.25, -0.2) is 87.8 Å². The van der Waals surface area contributed by atoms with Crippen molar-refractivity contribution in [3.63, 3.8) is 0 Å². The van der Waals surface area contributed by atoms with Crippen LogP contribution in [0, 0.1) is 199 Å². The van der Waals surface area contributed by atoms with E-state index in [0.717, 1.165) is 0 Å². The number of halogens is 20. The molecule has 402 valence electrons. The fourth-order valence-electron chi connectivity index (χ4n) is 10.0. The molecule has 0 spiro atoms. The molecular formula is C54H39BF20Si. The minimum absolute atomic E-state index is 1.19. The normalized spacial score (nSPS) is 11.7. The molecule has 0 aliphatic carbocycles. The second-order valence-electron chi connectivity index (χ2n) is 18.6. The Hall–Kier alpha value is -6.58. The van der Waals surface area contributed by atoms with Gasteiger partial charge in [0.15, 0.2) is 69.8 Å². The van der Waals surface area contributed by atoms with Crippen molar-refractivity contribution in [3.05, 3.63) is 201 Å². The van der Waals surface area contributed by atoms with Crippen molar-refractivity contribution in [1.82, 2.24) is 0 Å². The predicted octanol–water partition coefficient (Wildman–Crippen LogP) is 11.7. The van der Waals surface area contributed by atoms with Crippen LogP contribution in [0.5, 0.6) is 0 Å². The summed E-state index contributed by atoms with van der Waals surface area (Å²) in [6, 6.07) is 7.11. The van der Waals surface area contributed by atoms with Crippen molar-refractivity contribution in [2.45, 2.75) is 83.1 Å². The Balaban J connectivity index is 0.000000264. The number of aryl methyl sites for hydroxylation is 6. The molecule has 0 aliphatic rings. The van der Waals surface area contributed by atoms with E-state index in [9.17, 15) is 52.7 Å². The van der Waals surface area contributed by atoms with E-state index < -0.39 is 153 Å². The molecule has 7 rings (SSSR count). The van der Waals surface area contributed by atoms with E-state index >= 15 is 35.1 Å². The Morgan fingerprint density at radius 2 is 0.329 bits per heavy atom. The largest absolute Gasteiger partial charge is 0.430 e. The highest BCUT2D eigenvalue weighted by atomic mass is 28.3. The van der Waals surface area contributed by atoms with Gasteiger partial charge in [0, 0.05) is 0 Å². The first-order valence-corrected chi connectivity index (χ1v) is 23.9. The lowest BCUT2D eigenvalue weighted by atomic mass is 9.12. The second-order valence-corrected chi connectivity index (χ2v) is 20.8. The third-order valence-corrected chi connectivity index (χ3v) is 18.3. The average molecular weight is 1110 g/mol. The lowest BCUT2D eigenvalue weighted by Crippen LogP contribution is -2.81. The van der Waals surface area contributed by atoms with Crippen molar-refractivity contribution in [2.75, 3.05) is 0 Å². The molecule has 0 aliphatic heterocycles. The first-order chi connectivity index (χ1) is 35.1. The van der Waals surface area contributed by atoms with Crippen molar-refractivity contribution < 1.29 is 87.8 Å². The van der Waals surface area contributed by atoms with Crippen LogP contribution in [0.25, 0.3) is 0 Å². The van der Waals surface area contributed by atoms with E-state index in [1.165, 1.54) is 66.8 Å². The molecule has 0 atom stereocenters. The summed E-state index contributed by atoms with van der Waals surface area (Å²) in [5.41, 5.74) is 3.05. The number of rotatable bonds is 7. The first kappa shape index (κ1) is 58.7. The minimum Gasteiger partial charge on any atom is -0.207 e. The van der Waals surface area contributed by atoms with Crippen LogP contribution in [0.1, 0.15) is 66.8 Å². The maximum Gasteiger partial charge on any atom is 0.430 e. The Labute approximate surface area is 423 Å². The number of hydrogen-bond acceptors (Lipinski definition) is 0. The van der Waals surface area contributed by atoms with Gasteiger partial charge in [-0.15, -0.1) is 21.9 Å². The molecule has 0 aromatic heterocycles. The molecule has 0 fully saturated rings. The fourth-order valence-corrected chi connectivity index (χ4v) is 14.2. The number of hydrogen-bond donors (Lipinski definition) is 0. The van der Waals surface area contributed by atoms with Crippen LogP contribution >= 0.6 is 0 Å². The van der Waals surface area contributed by atoms with Gasteiger partial charge in [-0.2, -0.15) is 0 Å². The zero-order valence-electron chi connectivity index (χ0n) is 41.9. The van der Waals surface area contributed by atoms with E-state index in [1.807, 2.05) is 0 Å². The SMILES string of the molecule is Cc1cc(C)c(C)c([Si+](c2c(C)c(C)cc(C)c2C)c2c(C)c(C)cc(C)c2C)c1C.Fc1c(F)c(F)c([B-](c2c(F)c(F)c(F)c(F)c2F)(c2c(F)c(F)c(F)c(F)c2F)c2c(F)c(F)c(F)c(F)c2F)c(F)c1F. The molecule has 7 aromatic rings. The lowest BCUT2D eigenvalue weighted by molar-refractivity contribution is 0.378. The van der Waals surface area contributed by atoms with Gasteiger partial charge in [0.1, 0.15) is 68.2 Å². The van der Waals surface area contributed by atoms with Crippen LogP contribution in [0.2, 0.25) is 0 Å². The molecular weight excluding hydrogens is 1070 g/mol. The zero-order valence-corrected chi connectivity index (χ0v) is 42.9. The van der Waals surface area contributed by atoms with Gasteiger partial charge in [-0.05, 0) is 150 Å². The molecule has 0 unspecified atom stereocenters. The van der Waals surface area contributed by atoms with Crippen LogP contribution in [-0.4, -0.2) is 14.9 Å². The van der Waals surface area contributed by atoms with Crippen LogP contribution in [-0.2, 0) is 0 Å². The van der Waals surface area contributed by atoms with Crippen molar-refractivity contribution in [2.24, 2.45) is 0 Å².